The van der Waals surface area contributed by atoms with Gasteiger partial charge in [-0.25, -0.2) is 5.43 Å². The van der Waals surface area contributed by atoms with Gasteiger partial charge < -0.3 is 10.1 Å². The number of hydrogen-bond donors (Lipinski definition) is 2. The quantitative estimate of drug-likeness (QED) is 0.467. The largest absolute Gasteiger partial charge is 0.484 e. The number of pyridine rings is 1. The number of rotatable bonds is 7. The summed E-state index contributed by atoms with van der Waals surface area (Å²) >= 11 is 0. The number of aromatic nitrogens is 1. The molecule has 0 radical (unpaired) electrons. The first-order valence-corrected chi connectivity index (χ1v) is 9.37. The molecule has 7 heteroatoms. The summed E-state index contributed by atoms with van der Waals surface area (Å²) in [5, 5.41) is 6.92. The molecule has 0 aliphatic rings. The molecule has 152 valence electrons. The minimum absolute atomic E-state index is 0.0963. The first-order valence-electron chi connectivity index (χ1n) is 9.37. The topological polar surface area (TPSA) is 92.7 Å². The fraction of sp³-hybridized carbons (Fsp3) is 0.130. The average molecular weight is 402 g/mol. The predicted octanol–water partition coefficient (Wildman–Crippen LogP) is 3.56. The van der Waals surface area contributed by atoms with Crippen molar-refractivity contribution in [2.45, 2.75) is 13.8 Å². The number of hydrogen-bond acceptors (Lipinski definition) is 5. The van der Waals surface area contributed by atoms with Crippen LogP contribution in [0, 0.1) is 6.92 Å². The Morgan fingerprint density at radius 1 is 1.00 bits per heavy atom. The Morgan fingerprint density at radius 2 is 1.73 bits per heavy atom. The molecule has 0 unspecified atom stereocenters. The van der Waals surface area contributed by atoms with E-state index in [0.29, 0.717) is 17.2 Å². The van der Waals surface area contributed by atoms with Gasteiger partial charge >= 0.3 is 0 Å². The first-order chi connectivity index (χ1) is 14.5. The standard InChI is InChI=1S/C23H22N4O3/c1-16-7-3-4-8-20(16)25-22(28)15-30-19-12-10-18(11-13-19)17(2)26-27-23(29)21-9-5-6-14-24-21/h3-14H,15H2,1-2H3,(H,25,28)(H,27,29)/b26-17-. The zero-order valence-electron chi connectivity index (χ0n) is 16.8. The summed E-state index contributed by atoms with van der Waals surface area (Å²) in [4.78, 5) is 28.1. The number of benzene rings is 2. The van der Waals surface area contributed by atoms with Crippen LogP contribution in [0.2, 0.25) is 0 Å². The van der Waals surface area contributed by atoms with E-state index in [1.54, 1.807) is 55.6 Å². The van der Waals surface area contributed by atoms with Crippen LogP contribution in [0.25, 0.3) is 0 Å². The number of carbonyl (C=O) groups excluding carboxylic acids is 2. The van der Waals surface area contributed by atoms with E-state index in [9.17, 15) is 9.59 Å². The highest BCUT2D eigenvalue weighted by Gasteiger charge is 2.07. The summed E-state index contributed by atoms with van der Waals surface area (Å²) < 4.78 is 5.54. The molecule has 0 aliphatic carbocycles. The Kier molecular flexibility index (Phi) is 6.89. The second-order valence-corrected chi connectivity index (χ2v) is 6.53. The summed E-state index contributed by atoms with van der Waals surface area (Å²) in [6, 6.07) is 19.7. The molecule has 0 saturated carbocycles. The normalized spacial score (nSPS) is 10.9. The third-order valence-corrected chi connectivity index (χ3v) is 4.28. The van der Waals surface area contributed by atoms with E-state index in [4.69, 9.17) is 4.74 Å². The van der Waals surface area contributed by atoms with Gasteiger partial charge in [-0.3, -0.25) is 14.6 Å². The van der Waals surface area contributed by atoms with Crippen LogP contribution in [0.1, 0.15) is 28.5 Å². The van der Waals surface area contributed by atoms with Crippen LogP contribution in [0.3, 0.4) is 0 Å². The van der Waals surface area contributed by atoms with Crippen molar-refractivity contribution in [3.05, 3.63) is 89.7 Å². The van der Waals surface area contributed by atoms with Gasteiger partial charge in [0.15, 0.2) is 6.61 Å². The lowest BCUT2D eigenvalue weighted by Crippen LogP contribution is -2.21. The molecule has 2 amide bonds. The van der Waals surface area contributed by atoms with Crippen molar-refractivity contribution in [1.29, 1.82) is 0 Å². The van der Waals surface area contributed by atoms with E-state index in [0.717, 1.165) is 16.8 Å². The monoisotopic (exact) mass is 402 g/mol. The highest BCUT2D eigenvalue weighted by molar-refractivity contribution is 6.00. The molecular weight excluding hydrogens is 380 g/mol. The van der Waals surface area contributed by atoms with Crippen molar-refractivity contribution < 1.29 is 14.3 Å². The van der Waals surface area contributed by atoms with E-state index in [1.165, 1.54) is 0 Å². The molecule has 0 saturated heterocycles. The molecule has 0 bridgehead atoms. The second-order valence-electron chi connectivity index (χ2n) is 6.53. The average Bonchev–Trinajstić information content (AvgIpc) is 2.78. The van der Waals surface area contributed by atoms with Gasteiger partial charge in [-0.15, -0.1) is 0 Å². The molecule has 1 aromatic heterocycles. The van der Waals surface area contributed by atoms with Gasteiger partial charge in [0.05, 0.1) is 5.71 Å². The van der Waals surface area contributed by atoms with Crippen LogP contribution < -0.4 is 15.5 Å². The van der Waals surface area contributed by atoms with E-state index in [1.807, 2.05) is 31.2 Å². The number of amides is 2. The number of anilines is 1. The second kappa shape index (κ2) is 9.97. The van der Waals surface area contributed by atoms with Crippen LogP contribution in [-0.2, 0) is 4.79 Å². The lowest BCUT2D eigenvalue weighted by Gasteiger charge is -2.10. The smallest absolute Gasteiger partial charge is 0.289 e. The van der Waals surface area contributed by atoms with Gasteiger partial charge in [-0.2, -0.15) is 5.10 Å². The minimum Gasteiger partial charge on any atom is -0.484 e. The van der Waals surface area contributed by atoms with Gasteiger partial charge in [0.25, 0.3) is 11.8 Å². The first kappa shape index (κ1) is 20.7. The van der Waals surface area contributed by atoms with Crippen LogP contribution in [-0.4, -0.2) is 29.1 Å². The molecule has 0 aliphatic heterocycles. The number of aryl methyl sites for hydroxylation is 1. The van der Waals surface area contributed by atoms with E-state index in [-0.39, 0.29) is 18.4 Å². The number of nitrogens with one attached hydrogen (secondary N) is 2. The molecule has 3 aromatic rings. The van der Waals surface area contributed by atoms with Gasteiger partial charge in [-0.05, 0) is 67.4 Å². The number of carbonyl (C=O) groups is 2. The fourth-order valence-corrected chi connectivity index (χ4v) is 2.59. The number of para-hydroxylation sites is 1. The highest BCUT2D eigenvalue weighted by atomic mass is 16.5. The lowest BCUT2D eigenvalue weighted by molar-refractivity contribution is -0.118. The zero-order valence-corrected chi connectivity index (χ0v) is 16.8. The number of ether oxygens (including phenoxy) is 1. The van der Waals surface area contributed by atoms with Gasteiger partial charge in [0.2, 0.25) is 0 Å². The van der Waals surface area contributed by atoms with Crippen molar-refractivity contribution >= 4 is 23.2 Å². The number of hydrazone groups is 1. The molecule has 0 fully saturated rings. The maximum absolute atomic E-state index is 12.1. The molecule has 30 heavy (non-hydrogen) atoms. The van der Waals surface area contributed by atoms with Crippen molar-refractivity contribution in [2.75, 3.05) is 11.9 Å². The Bertz CT molecular complexity index is 1050. The molecule has 3 rings (SSSR count). The summed E-state index contributed by atoms with van der Waals surface area (Å²) in [6.45, 7) is 3.61. The third kappa shape index (κ3) is 5.75. The molecule has 2 aromatic carbocycles. The van der Waals surface area contributed by atoms with Crippen molar-refractivity contribution in [1.82, 2.24) is 10.4 Å². The molecule has 1 heterocycles. The Morgan fingerprint density at radius 3 is 2.43 bits per heavy atom. The van der Waals surface area contributed by atoms with Crippen molar-refractivity contribution in [3.8, 4) is 5.75 Å². The molecule has 0 spiro atoms. The predicted molar refractivity (Wildman–Crippen MR) is 116 cm³/mol. The SMILES string of the molecule is C/C(=N/NC(=O)c1ccccn1)c1ccc(OCC(=O)Nc2ccccc2C)cc1. The minimum atomic E-state index is -0.380. The maximum Gasteiger partial charge on any atom is 0.289 e. The zero-order chi connectivity index (χ0) is 21.3. The Balaban J connectivity index is 1.52. The van der Waals surface area contributed by atoms with Crippen LogP contribution >= 0.6 is 0 Å². The van der Waals surface area contributed by atoms with Crippen molar-refractivity contribution in [3.63, 3.8) is 0 Å². The van der Waals surface area contributed by atoms with Crippen molar-refractivity contribution in [2.24, 2.45) is 5.10 Å². The Hall–Kier alpha value is -4.00. The fourth-order valence-electron chi connectivity index (χ4n) is 2.59. The van der Waals surface area contributed by atoms with E-state index < -0.39 is 0 Å². The number of nitrogens with zero attached hydrogens (tertiary/aromatic N) is 2. The highest BCUT2D eigenvalue weighted by Crippen LogP contribution is 2.15. The summed E-state index contributed by atoms with van der Waals surface area (Å²) in [7, 11) is 0. The van der Waals surface area contributed by atoms with Gasteiger partial charge in [0, 0.05) is 11.9 Å². The summed E-state index contributed by atoms with van der Waals surface area (Å²) in [6.07, 6.45) is 1.55. The van der Waals surface area contributed by atoms with E-state index >= 15 is 0 Å². The molecule has 7 nitrogen and oxygen atoms in total. The third-order valence-electron chi connectivity index (χ3n) is 4.28. The molecule has 2 N–H and O–H groups in total. The van der Waals surface area contributed by atoms with Crippen LogP contribution in [0.15, 0.2) is 78.0 Å². The van der Waals surface area contributed by atoms with E-state index in [2.05, 4.69) is 20.8 Å². The van der Waals surface area contributed by atoms with Gasteiger partial charge in [0.1, 0.15) is 11.4 Å². The maximum atomic E-state index is 12.1. The van der Waals surface area contributed by atoms with Crippen LogP contribution in [0.5, 0.6) is 5.75 Å². The molecular formula is C23H22N4O3. The van der Waals surface area contributed by atoms with Gasteiger partial charge in [-0.1, -0.05) is 24.3 Å². The summed E-state index contributed by atoms with van der Waals surface area (Å²) in [5.74, 6) is -0.0538. The summed E-state index contributed by atoms with van der Waals surface area (Å²) in [5.41, 5.74) is 5.97. The van der Waals surface area contributed by atoms with Crippen LogP contribution in [0.4, 0.5) is 5.69 Å². The Labute approximate surface area is 174 Å². The lowest BCUT2D eigenvalue weighted by atomic mass is 10.1. The molecule has 0 atom stereocenters.